The molecule has 2 aliphatic rings. The SMILES string of the molecule is COc1ccccc1C1c2cccn2CCN1C(=O)C1CCCC1. The van der Waals surface area contributed by atoms with Gasteiger partial charge in [-0.05, 0) is 31.0 Å². The zero-order chi connectivity index (χ0) is 16.5. The lowest BCUT2D eigenvalue weighted by Gasteiger charge is -2.39. The van der Waals surface area contributed by atoms with Crippen LogP contribution in [0.1, 0.15) is 43.0 Å². The maximum absolute atomic E-state index is 13.2. The van der Waals surface area contributed by atoms with Crippen molar-refractivity contribution in [2.45, 2.75) is 38.3 Å². The minimum atomic E-state index is -0.0574. The zero-order valence-electron chi connectivity index (χ0n) is 14.1. The maximum Gasteiger partial charge on any atom is 0.226 e. The maximum atomic E-state index is 13.2. The molecule has 1 fully saturated rings. The highest BCUT2D eigenvalue weighted by Crippen LogP contribution is 2.39. The topological polar surface area (TPSA) is 34.5 Å². The summed E-state index contributed by atoms with van der Waals surface area (Å²) < 4.78 is 7.86. The Morgan fingerprint density at radius 1 is 1.08 bits per heavy atom. The van der Waals surface area contributed by atoms with Crippen molar-refractivity contribution in [2.75, 3.05) is 13.7 Å². The highest BCUT2D eigenvalue weighted by molar-refractivity contribution is 5.80. The first kappa shape index (κ1) is 15.3. The van der Waals surface area contributed by atoms with Crippen LogP contribution in [0, 0.1) is 5.92 Å². The van der Waals surface area contributed by atoms with Crippen LogP contribution in [0.3, 0.4) is 0 Å². The largest absolute Gasteiger partial charge is 0.496 e. The molecule has 4 nitrogen and oxygen atoms in total. The summed E-state index contributed by atoms with van der Waals surface area (Å²) in [6, 6.07) is 12.2. The van der Waals surface area contributed by atoms with E-state index in [0.717, 1.165) is 37.2 Å². The third kappa shape index (κ3) is 2.50. The van der Waals surface area contributed by atoms with Gasteiger partial charge in [-0.3, -0.25) is 4.79 Å². The number of aromatic nitrogens is 1. The van der Waals surface area contributed by atoms with Gasteiger partial charge in [-0.2, -0.15) is 0 Å². The molecule has 1 atom stereocenters. The Morgan fingerprint density at radius 2 is 1.88 bits per heavy atom. The molecule has 2 aromatic rings. The van der Waals surface area contributed by atoms with Crippen molar-refractivity contribution in [1.29, 1.82) is 0 Å². The highest BCUT2D eigenvalue weighted by atomic mass is 16.5. The number of nitrogens with zero attached hydrogens (tertiary/aromatic N) is 2. The van der Waals surface area contributed by atoms with Crippen LogP contribution in [0.15, 0.2) is 42.6 Å². The lowest BCUT2D eigenvalue weighted by molar-refractivity contribution is -0.138. The van der Waals surface area contributed by atoms with Crippen LogP contribution in [0.4, 0.5) is 0 Å². The molecule has 1 saturated carbocycles. The Labute approximate surface area is 143 Å². The van der Waals surface area contributed by atoms with Gasteiger partial charge in [0.25, 0.3) is 0 Å². The molecule has 0 bridgehead atoms. The van der Waals surface area contributed by atoms with Crippen molar-refractivity contribution >= 4 is 5.91 Å². The summed E-state index contributed by atoms with van der Waals surface area (Å²) in [6.45, 7) is 1.63. The van der Waals surface area contributed by atoms with E-state index in [1.54, 1.807) is 7.11 Å². The molecule has 126 valence electrons. The van der Waals surface area contributed by atoms with E-state index in [9.17, 15) is 4.79 Å². The van der Waals surface area contributed by atoms with Gasteiger partial charge in [0.2, 0.25) is 5.91 Å². The van der Waals surface area contributed by atoms with Gasteiger partial charge < -0.3 is 14.2 Å². The second kappa shape index (κ2) is 6.34. The number of fused-ring (bicyclic) bond motifs is 1. The van der Waals surface area contributed by atoms with Crippen molar-refractivity contribution in [3.63, 3.8) is 0 Å². The molecule has 1 aliphatic carbocycles. The van der Waals surface area contributed by atoms with Gasteiger partial charge in [-0.25, -0.2) is 0 Å². The first-order valence-corrected chi connectivity index (χ1v) is 8.88. The molecular formula is C20H24N2O2. The first-order chi connectivity index (χ1) is 11.8. The Hall–Kier alpha value is -2.23. The van der Waals surface area contributed by atoms with Crippen molar-refractivity contribution in [1.82, 2.24) is 9.47 Å². The normalized spacial score (nSPS) is 20.9. The van der Waals surface area contributed by atoms with Gasteiger partial charge in [0.15, 0.2) is 0 Å². The number of rotatable bonds is 3. The van der Waals surface area contributed by atoms with Crippen LogP contribution in [-0.2, 0) is 11.3 Å². The van der Waals surface area contributed by atoms with E-state index in [1.807, 2.05) is 18.2 Å². The molecule has 0 spiro atoms. The van der Waals surface area contributed by atoms with Crippen LogP contribution in [0.2, 0.25) is 0 Å². The lowest BCUT2D eigenvalue weighted by atomic mass is 9.96. The predicted molar refractivity (Wildman–Crippen MR) is 92.9 cm³/mol. The smallest absolute Gasteiger partial charge is 0.226 e. The minimum Gasteiger partial charge on any atom is -0.496 e. The Balaban J connectivity index is 1.77. The molecule has 0 N–H and O–H groups in total. The predicted octanol–water partition coefficient (Wildman–Crippen LogP) is 3.62. The number of benzene rings is 1. The number of carbonyl (C=O) groups excluding carboxylic acids is 1. The number of amides is 1. The lowest BCUT2D eigenvalue weighted by Crippen LogP contribution is -2.44. The number of hydrogen-bond donors (Lipinski definition) is 0. The molecule has 1 aliphatic heterocycles. The average molecular weight is 324 g/mol. The number of para-hydroxylation sites is 1. The van der Waals surface area contributed by atoms with Crippen LogP contribution >= 0.6 is 0 Å². The molecule has 0 radical (unpaired) electrons. The van der Waals surface area contributed by atoms with Gasteiger partial charge in [-0.1, -0.05) is 31.0 Å². The van der Waals surface area contributed by atoms with E-state index < -0.39 is 0 Å². The molecule has 1 aromatic heterocycles. The molecule has 24 heavy (non-hydrogen) atoms. The van der Waals surface area contributed by atoms with Gasteiger partial charge in [0.05, 0.1) is 7.11 Å². The fraction of sp³-hybridized carbons (Fsp3) is 0.450. The Kier molecular flexibility index (Phi) is 4.05. The van der Waals surface area contributed by atoms with Crippen molar-refractivity contribution < 1.29 is 9.53 Å². The third-order valence-corrected chi connectivity index (χ3v) is 5.46. The molecular weight excluding hydrogens is 300 g/mol. The van der Waals surface area contributed by atoms with E-state index in [-0.39, 0.29) is 12.0 Å². The van der Waals surface area contributed by atoms with Gasteiger partial charge >= 0.3 is 0 Å². The second-order valence-electron chi connectivity index (χ2n) is 6.78. The molecule has 1 unspecified atom stereocenters. The van der Waals surface area contributed by atoms with E-state index in [2.05, 4.69) is 33.9 Å². The van der Waals surface area contributed by atoms with Crippen LogP contribution in [-0.4, -0.2) is 29.0 Å². The molecule has 4 heteroatoms. The van der Waals surface area contributed by atoms with Gasteiger partial charge in [0.1, 0.15) is 11.8 Å². The van der Waals surface area contributed by atoms with Crippen LogP contribution < -0.4 is 4.74 Å². The molecule has 1 aromatic carbocycles. The summed E-state index contributed by atoms with van der Waals surface area (Å²) in [6.07, 6.45) is 6.54. The Bertz CT molecular complexity index is 731. The summed E-state index contributed by atoms with van der Waals surface area (Å²) in [5.41, 5.74) is 2.25. The number of methoxy groups -OCH3 is 1. The standard InChI is InChI=1S/C20H24N2O2/c1-24-18-11-5-4-9-16(18)19-17-10-6-12-21(17)13-14-22(19)20(23)15-7-2-3-8-15/h4-6,9-12,15,19H,2-3,7-8,13-14H2,1H3. The summed E-state index contributed by atoms with van der Waals surface area (Å²) in [5, 5.41) is 0. The van der Waals surface area contributed by atoms with E-state index >= 15 is 0 Å². The number of ether oxygens (including phenoxy) is 1. The van der Waals surface area contributed by atoms with E-state index in [0.29, 0.717) is 5.91 Å². The molecule has 4 rings (SSSR count). The fourth-order valence-corrected chi connectivity index (χ4v) is 4.25. The fourth-order valence-electron chi connectivity index (χ4n) is 4.25. The van der Waals surface area contributed by atoms with Crippen LogP contribution in [0.25, 0.3) is 0 Å². The quantitative estimate of drug-likeness (QED) is 0.864. The van der Waals surface area contributed by atoms with Crippen molar-refractivity contribution in [2.24, 2.45) is 5.92 Å². The molecule has 2 heterocycles. The summed E-state index contributed by atoms with van der Waals surface area (Å²) in [4.78, 5) is 15.3. The Morgan fingerprint density at radius 3 is 2.67 bits per heavy atom. The van der Waals surface area contributed by atoms with E-state index in [1.165, 1.54) is 18.5 Å². The molecule has 0 saturated heterocycles. The van der Waals surface area contributed by atoms with Gasteiger partial charge in [0, 0.05) is 36.5 Å². The van der Waals surface area contributed by atoms with E-state index in [4.69, 9.17) is 4.74 Å². The highest BCUT2D eigenvalue weighted by Gasteiger charge is 2.37. The second-order valence-corrected chi connectivity index (χ2v) is 6.78. The average Bonchev–Trinajstić information content (AvgIpc) is 3.31. The molecule has 1 amide bonds. The number of carbonyl (C=O) groups is 1. The monoisotopic (exact) mass is 324 g/mol. The van der Waals surface area contributed by atoms with Crippen LogP contribution in [0.5, 0.6) is 5.75 Å². The first-order valence-electron chi connectivity index (χ1n) is 8.88. The minimum absolute atomic E-state index is 0.0574. The summed E-state index contributed by atoms with van der Waals surface area (Å²) in [5.74, 6) is 1.36. The summed E-state index contributed by atoms with van der Waals surface area (Å²) >= 11 is 0. The zero-order valence-corrected chi connectivity index (χ0v) is 14.1. The summed E-state index contributed by atoms with van der Waals surface area (Å²) in [7, 11) is 1.70. The third-order valence-electron chi connectivity index (χ3n) is 5.46. The number of hydrogen-bond acceptors (Lipinski definition) is 2. The van der Waals surface area contributed by atoms with Crippen molar-refractivity contribution in [3.05, 3.63) is 53.9 Å². The van der Waals surface area contributed by atoms with Gasteiger partial charge in [-0.15, -0.1) is 0 Å². The van der Waals surface area contributed by atoms with Crippen molar-refractivity contribution in [3.8, 4) is 5.75 Å².